The molecule has 0 radical (unpaired) electrons. The highest BCUT2D eigenvalue weighted by Crippen LogP contribution is 2.20. The third-order valence-electron chi connectivity index (χ3n) is 3.97. The van der Waals surface area contributed by atoms with Gasteiger partial charge >= 0.3 is 0 Å². The number of benzene rings is 1. The Bertz CT molecular complexity index is 597. The first-order valence-electron chi connectivity index (χ1n) is 7.59. The van der Waals surface area contributed by atoms with Crippen LogP contribution in [-0.2, 0) is 0 Å². The summed E-state index contributed by atoms with van der Waals surface area (Å²) < 4.78 is 0. The fourth-order valence-electron chi connectivity index (χ4n) is 2.85. The normalized spacial score (nSPS) is 15.9. The molecule has 0 N–H and O–H groups in total. The lowest BCUT2D eigenvalue weighted by Crippen LogP contribution is -2.31. The lowest BCUT2D eigenvalue weighted by Gasteiger charge is -2.25. The highest BCUT2D eigenvalue weighted by molar-refractivity contribution is 5.48. The van der Waals surface area contributed by atoms with Gasteiger partial charge in [0.15, 0.2) is 0 Å². The Morgan fingerprint density at radius 1 is 0.905 bits per heavy atom. The largest absolute Gasteiger partial charge is 0.370 e. The van der Waals surface area contributed by atoms with Crippen LogP contribution in [0.5, 0.6) is 0 Å². The van der Waals surface area contributed by atoms with Crippen LogP contribution in [-0.4, -0.2) is 36.1 Å². The van der Waals surface area contributed by atoms with Crippen molar-refractivity contribution in [1.29, 1.82) is 0 Å². The maximum atomic E-state index is 4.68. The monoisotopic (exact) mass is 282 g/mol. The molecule has 1 saturated heterocycles. The number of hydrogen-bond acceptors (Lipinski definition) is 4. The van der Waals surface area contributed by atoms with Gasteiger partial charge in [-0.2, -0.15) is 0 Å². The first kappa shape index (κ1) is 13.9. The van der Waals surface area contributed by atoms with E-state index in [9.17, 15) is 0 Å². The smallest absolute Gasteiger partial charge is 0.150 e. The third-order valence-corrected chi connectivity index (χ3v) is 3.97. The van der Waals surface area contributed by atoms with Gasteiger partial charge in [0.25, 0.3) is 0 Å². The summed E-state index contributed by atoms with van der Waals surface area (Å²) in [5, 5.41) is 0. The molecule has 4 nitrogen and oxygen atoms in total. The van der Waals surface area contributed by atoms with E-state index in [4.69, 9.17) is 0 Å². The summed E-state index contributed by atoms with van der Waals surface area (Å²) >= 11 is 0. The minimum Gasteiger partial charge on any atom is -0.370 e. The van der Waals surface area contributed by atoms with Gasteiger partial charge in [-0.05, 0) is 32.4 Å². The standard InChI is InChI=1S/C17H22N4/c1-14-13-18-15(2)17(19-14)21-10-6-9-20(11-12-21)16-7-4-3-5-8-16/h3-5,7-8,13H,6,9-12H2,1-2H3. The first-order valence-corrected chi connectivity index (χ1v) is 7.59. The number of nitrogens with zero attached hydrogens (tertiary/aromatic N) is 4. The van der Waals surface area contributed by atoms with Crippen molar-refractivity contribution in [1.82, 2.24) is 9.97 Å². The van der Waals surface area contributed by atoms with Crippen molar-refractivity contribution in [2.24, 2.45) is 0 Å². The summed E-state index contributed by atoms with van der Waals surface area (Å²) in [5.41, 5.74) is 3.32. The Balaban J connectivity index is 1.75. The second-order valence-electron chi connectivity index (χ2n) is 5.58. The van der Waals surface area contributed by atoms with E-state index < -0.39 is 0 Å². The van der Waals surface area contributed by atoms with Crippen LogP contribution in [0.3, 0.4) is 0 Å². The van der Waals surface area contributed by atoms with E-state index in [1.54, 1.807) is 0 Å². The predicted octanol–water partition coefficient (Wildman–Crippen LogP) is 2.81. The molecule has 0 spiro atoms. The van der Waals surface area contributed by atoms with Gasteiger partial charge in [0, 0.05) is 38.1 Å². The van der Waals surface area contributed by atoms with Crippen LogP contribution in [0, 0.1) is 13.8 Å². The van der Waals surface area contributed by atoms with Gasteiger partial charge in [-0.25, -0.2) is 4.98 Å². The molecule has 0 saturated carbocycles. The fraction of sp³-hybridized carbons (Fsp3) is 0.412. The molecule has 110 valence electrons. The van der Waals surface area contributed by atoms with Crippen LogP contribution in [0.4, 0.5) is 11.5 Å². The lowest BCUT2D eigenvalue weighted by atomic mass is 10.3. The van der Waals surface area contributed by atoms with Gasteiger partial charge < -0.3 is 9.80 Å². The molecular weight excluding hydrogens is 260 g/mol. The number of rotatable bonds is 2. The van der Waals surface area contributed by atoms with Gasteiger partial charge in [-0.1, -0.05) is 18.2 Å². The Hall–Kier alpha value is -2.10. The van der Waals surface area contributed by atoms with Crippen molar-refractivity contribution in [2.75, 3.05) is 36.0 Å². The number of para-hydroxylation sites is 1. The van der Waals surface area contributed by atoms with Crippen molar-refractivity contribution in [2.45, 2.75) is 20.3 Å². The molecule has 1 fully saturated rings. The molecule has 0 bridgehead atoms. The maximum Gasteiger partial charge on any atom is 0.150 e. The summed E-state index contributed by atoms with van der Waals surface area (Å²) in [7, 11) is 0. The van der Waals surface area contributed by atoms with Gasteiger partial charge in [0.1, 0.15) is 5.82 Å². The zero-order chi connectivity index (χ0) is 14.7. The molecule has 2 heterocycles. The number of hydrogen-bond donors (Lipinski definition) is 0. The van der Waals surface area contributed by atoms with Crippen LogP contribution >= 0.6 is 0 Å². The van der Waals surface area contributed by atoms with Gasteiger partial charge in [-0.3, -0.25) is 4.98 Å². The number of aryl methyl sites for hydroxylation is 2. The molecule has 0 unspecified atom stereocenters. The average Bonchev–Trinajstić information content (AvgIpc) is 2.76. The van der Waals surface area contributed by atoms with Crippen LogP contribution in [0.15, 0.2) is 36.5 Å². The van der Waals surface area contributed by atoms with E-state index in [1.807, 2.05) is 20.0 Å². The summed E-state index contributed by atoms with van der Waals surface area (Å²) in [6, 6.07) is 10.7. The van der Waals surface area contributed by atoms with E-state index in [-0.39, 0.29) is 0 Å². The summed E-state index contributed by atoms with van der Waals surface area (Å²) in [6.45, 7) is 8.21. The fourth-order valence-corrected chi connectivity index (χ4v) is 2.85. The van der Waals surface area contributed by atoms with Gasteiger partial charge in [0.2, 0.25) is 0 Å². The van der Waals surface area contributed by atoms with Crippen LogP contribution < -0.4 is 9.80 Å². The Morgan fingerprint density at radius 3 is 2.43 bits per heavy atom. The minimum absolute atomic E-state index is 0.986. The van der Waals surface area contributed by atoms with Crippen molar-refractivity contribution in [3.63, 3.8) is 0 Å². The van der Waals surface area contributed by atoms with Crippen LogP contribution in [0.2, 0.25) is 0 Å². The zero-order valence-corrected chi connectivity index (χ0v) is 12.8. The Kier molecular flexibility index (Phi) is 4.04. The van der Waals surface area contributed by atoms with E-state index in [0.717, 1.165) is 49.8 Å². The summed E-state index contributed by atoms with van der Waals surface area (Å²) in [4.78, 5) is 14.0. The second kappa shape index (κ2) is 6.12. The molecular formula is C17H22N4. The molecule has 1 aliphatic heterocycles. The molecule has 4 heteroatoms. The quantitative estimate of drug-likeness (QED) is 0.848. The molecule has 3 rings (SSSR count). The van der Waals surface area contributed by atoms with Crippen LogP contribution in [0.25, 0.3) is 0 Å². The molecule has 0 atom stereocenters. The zero-order valence-electron chi connectivity index (χ0n) is 12.8. The molecule has 1 aliphatic rings. The Labute approximate surface area is 126 Å². The summed E-state index contributed by atoms with van der Waals surface area (Å²) in [6.07, 6.45) is 2.98. The average molecular weight is 282 g/mol. The number of anilines is 2. The molecule has 0 aliphatic carbocycles. The highest BCUT2D eigenvalue weighted by atomic mass is 15.3. The van der Waals surface area contributed by atoms with E-state index >= 15 is 0 Å². The maximum absolute atomic E-state index is 4.68. The molecule has 2 aromatic rings. The highest BCUT2D eigenvalue weighted by Gasteiger charge is 2.18. The SMILES string of the molecule is Cc1cnc(C)c(N2CCCN(c3ccccc3)CC2)n1. The van der Waals surface area contributed by atoms with Gasteiger partial charge in [0.05, 0.1) is 11.4 Å². The molecule has 0 amide bonds. The van der Waals surface area contributed by atoms with Crippen molar-refractivity contribution >= 4 is 11.5 Å². The molecule has 1 aromatic heterocycles. The van der Waals surface area contributed by atoms with Crippen molar-refractivity contribution in [3.8, 4) is 0 Å². The summed E-state index contributed by atoms with van der Waals surface area (Å²) in [5.74, 6) is 1.05. The third kappa shape index (κ3) is 3.15. The Morgan fingerprint density at radius 2 is 1.62 bits per heavy atom. The van der Waals surface area contributed by atoms with Crippen molar-refractivity contribution in [3.05, 3.63) is 47.9 Å². The van der Waals surface area contributed by atoms with E-state index in [0.29, 0.717) is 0 Å². The van der Waals surface area contributed by atoms with Crippen molar-refractivity contribution < 1.29 is 0 Å². The van der Waals surface area contributed by atoms with Crippen LogP contribution in [0.1, 0.15) is 17.8 Å². The minimum atomic E-state index is 0.986. The molecule has 21 heavy (non-hydrogen) atoms. The topological polar surface area (TPSA) is 32.3 Å². The van der Waals surface area contributed by atoms with E-state index in [1.165, 1.54) is 5.69 Å². The lowest BCUT2D eigenvalue weighted by molar-refractivity contribution is 0.786. The number of aromatic nitrogens is 2. The van der Waals surface area contributed by atoms with E-state index in [2.05, 4.69) is 50.1 Å². The predicted molar refractivity (Wildman–Crippen MR) is 87.0 cm³/mol. The second-order valence-corrected chi connectivity index (χ2v) is 5.58. The van der Waals surface area contributed by atoms with Gasteiger partial charge in [-0.15, -0.1) is 0 Å². The molecule has 1 aromatic carbocycles. The first-order chi connectivity index (χ1) is 10.2.